The highest BCUT2D eigenvalue weighted by atomic mass is 32.2. The fourth-order valence-electron chi connectivity index (χ4n) is 2.91. The molecule has 2 nitrogen and oxygen atoms in total. The average molecular weight is 292 g/mol. The predicted molar refractivity (Wildman–Crippen MR) is 84.9 cm³/mol. The lowest BCUT2D eigenvalue weighted by Crippen LogP contribution is -2.24. The van der Waals surface area contributed by atoms with Gasteiger partial charge in [-0.05, 0) is 56.4 Å². The molecule has 110 valence electrons. The monoisotopic (exact) mass is 292 g/mol. The smallest absolute Gasteiger partial charge is 0.175 e. The summed E-state index contributed by atoms with van der Waals surface area (Å²) in [6, 6.07) is 4.00. The van der Waals surface area contributed by atoms with Crippen LogP contribution in [0.15, 0.2) is 12.1 Å². The van der Waals surface area contributed by atoms with Crippen LogP contribution in [0.1, 0.15) is 59.2 Å². The molecule has 1 saturated carbocycles. The Hall–Kier alpha value is -0.960. The van der Waals surface area contributed by atoms with Crippen LogP contribution in [0.2, 0.25) is 0 Å². The maximum Gasteiger partial charge on any atom is 0.175 e. The first kappa shape index (κ1) is 15.4. The molecular formula is C17H24O2S. The molecule has 0 radical (unpaired) electrons. The summed E-state index contributed by atoms with van der Waals surface area (Å²) in [6.45, 7) is 6.03. The first-order valence-electron chi connectivity index (χ1n) is 7.47. The molecule has 2 rings (SSSR count). The number of ketones is 1. The number of aryl methyl sites for hydroxylation is 3. The lowest BCUT2D eigenvalue weighted by atomic mass is 9.99. The minimum Gasteiger partial charge on any atom is -0.293 e. The normalized spacial score (nSPS) is 17.9. The van der Waals surface area contributed by atoms with Crippen molar-refractivity contribution in [3.8, 4) is 0 Å². The standard InChI is InChI=1S/C17H24O2S/c1-12-9-14(3)16(10-13(12)2)17(18)11-20(19)15-7-5-4-6-8-15/h9-10,15H,4-8,11H2,1-3H3. The van der Waals surface area contributed by atoms with Gasteiger partial charge in [-0.2, -0.15) is 0 Å². The van der Waals surface area contributed by atoms with Gasteiger partial charge in [0.05, 0.1) is 5.75 Å². The van der Waals surface area contributed by atoms with Gasteiger partial charge >= 0.3 is 0 Å². The Morgan fingerprint density at radius 1 is 1.05 bits per heavy atom. The van der Waals surface area contributed by atoms with Crippen LogP contribution >= 0.6 is 0 Å². The number of carbonyl (C=O) groups is 1. The van der Waals surface area contributed by atoms with Crippen molar-refractivity contribution in [3.63, 3.8) is 0 Å². The lowest BCUT2D eigenvalue weighted by Gasteiger charge is -2.20. The second kappa shape index (κ2) is 6.66. The highest BCUT2D eigenvalue weighted by molar-refractivity contribution is 7.86. The van der Waals surface area contributed by atoms with Crippen LogP contribution < -0.4 is 0 Å². The van der Waals surface area contributed by atoms with Gasteiger partial charge in [0.2, 0.25) is 0 Å². The minimum absolute atomic E-state index is 0.0366. The van der Waals surface area contributed by atoms with Gasteiger partial charge in [0.1, 0.15) is 0 Å². The summed E-state index contributed by atoms with van der Waals surface area (Å²) in [5, 5.41) is 0.236. The molecule has 0 heterocycles. The van der Waals surface area contributed by atoms with Crippen molar-refractivity contribution in [2.24, 2.45) is 0 Å². The summed E-state index contributed by atoms with van der Waals surface area (Å²) in [6.07, 6.45) is 5.61. The predicted octanol–water partition coefficient (Wildman–Crippen LogP) is 3.88. The van der Waals surface area contributed by atoms with Crippen molar-refractivity contribution < 1.29 is 9.00 Å². The summed E-state index contributed by atoms with van der Waals surface area (Å²) in [7, 11) is -1.01. The van der Waals surface area contributed by atoms with E-state index in [9.17, 15) is 9.00 Å². The van der Waals surface area contributed by atoms with Crippen molar-refractivity contribution in [2.75, 3.05) is 5.75 Å². The highest BCUT2D eigenvalue weighted by Gasteiger charge is 2.23. The molecule has 1 aliphatic rings. The van der Waals surface area contributed by atoms with Crippen LogP contribution in [-0.2, 0) is 10.8 Å². The molecule has 1 aliphatic carbocycles. The van der Waals surface area contributed by atoms with E-state index in [0.717, 1.165) is 42.4 Å². The zero-order chi connectivity index (χ0) is 14.7. The van der Waals surface area contributed by atoms with E-state index < -0.39 is 10.8 Å². The van der Waals surface area contributed by atoms with Crippen molar-refractivity contribution in [2.45, 2.75) is 58.1 Å². The minimum atomic E-state index is -1.01. The highest BCUT2D eigenvalue weighted by Crippen LogP contribution is 2.23. The number of benzene rings is 1. The second-order valence-electron chi connectivity index (χ2n) is 5.96. The Morgan fingerprint density at radius 2 is 1.65 bits per heavy atom. The van der Waals surface area contributed by atoms with Gasteiger partial charge < -0.3 is 0 Å². The molecule has 0 amide bonds. The molecule has 20 heavy (non-hydrogen) atoms. The van der Waals surface area contributed by atoms with Gasteiger partial charge in [-0.15, -0.1) is 0 Å². The van der Waals surface area contributed by atoms with E-state index in [0.29, 0.717) is 0 Å². The third kappa shape index (κ3) is 3.57. The number of Topliss-reactive ketones (excluding diaryl/α,β-unsaturated/α-hetero) is 1. The largest absolute Gasteiger partial charge is 0.293 e. The second-order valence-corrected chi connectivity index (χ2v) is 7.68. The molecule has 1 atom stereocenters. The van der Waals surface area contributed by atoms with E-state index in [1.54, 1.807) is 0 Å². The Balaban J connectivity index is 2.08. The summed E-state index contributed by atoms with van der Waals surface area (Å²) >= 11 is 0. The third-order valence-electron chi connectivity index (χ3n) is 4.34. The molecule has 0 N–H and O–H groups in total. The Kier molecular flexibility index (Phi) is 5.14. The van der Waals surface area contributed by atoms with E-state index >= 15 is 0 Å². The summed E-state index contributed by atoms with van der Waals surface area (Å²) in [4.78, 5) is 12.4. The van der Waals surface area contributed by atoms with Gasteiger partial charge in [-0.25, -0.2) is 0 Å². The van der Waals surface area contributed by atoms with Crippen molar-refractivity contribution >= 4 is 16.6 Å². The molecular weight excluding hydrogens is 268 g/mol. The summed E-state index contributed by atoms with van der Waals surface area (Å²) in [5.41, 5.74) is 4.07. The van der Waals surface area contributed by atoms with Crippen molar-refractivity contribution in [1.29, 1.82) is 0 Å². The first-order valence-corrected chi connectivity index (χ1v) is 8.85. The van der Waals surface area contributed by atoms with E-state index in [-0.39, 0.29) is 16.8 Å². The Bertz CT molecular complexity index is 528. The molecule has 0 aliphatic heterocycles. The van der Waals surface area contributed by atoms with Gasteiger partial charge in [0, 0.05) is 21.6 Å². The molecule has 3 heteroatoms. The van der Waals surface area contributed by atoms with Crippen LogP contribution in [0, 0.1) is 20.8 Å². The molecule has 0 bridgehead atoms. The zero-order valence-electron chi connectivity index (χ0n) is 12.7. The quantitative estimate of drug-likeness (QED) is 0.789. The molecule has 1 fully saturated rings. The molecule has 1 aromatic carbocycles. The van der Waals surface area contributed by atoms with Crippen LogP contribution in [-0.4, -0.2) is 21.0 Å². The van der Waals surface area contributed by atoms with Gasteiger partial charge in [0.25, 0.3) is 0 Å². The lowest BCUT2D eigenvalue weighted by molar-refractivity contribution is 0.102. The van der Waals surface area contributed by atoms with Crippen LogP contribution in [0.25, 0.3) is 0 Å². The van der Waals surface area contributed by atoms with Crippen molar-refractivity contribution in [3.05, 3.63) is 34.4 Å². The SMILES string of the molecule is Cc1cc(C)c(C(=O)CS(=O)C2CCCCC2)cc1C. The van der Waals surface area contributed by atoms with E-state index in [1.807, 2.05) is 26.0 Å². The molecule has 1 aromatic rings. The topological polar surface area (TPSA) is 34.1 Å². The van der Waals surface area contributed by atoms with E-state index in [4.69, 9.17) is 0 Å². The summed E-state index contributed by atoms with van der Waals surface area (Å²) in [5.74, 6) is 0.225. The molecule has 0 saturated heterocycles. The maximum absolute atomic E-state index is 12.4. The maximum atomic E-state index is 12.4. The Labute approximate surface area is 124 Å². The summed E-state index contributed by atoms with van der Waals surface area (Å²) < 4.78 is 12.3. The van der Waals surface area contributed by atoms with Gasteiger partial charge in [0.15, 0.2) is 5.78 Å². The number of hydrogen-bond donors (Lipinski definition) is 0. The molecule has 0 aromatic heterocycles. The third-order valence-corrected chi connectivity index (χ3v) is 6.10. The number of carbonyl (C=O) groups excluding carboxylic acids is 1. The Morgan fingerprint density at radius 3 is 2.30 bits per heavy atom. The fourth-order valence-corrected chi connectivity index (χ4v) is 4.42. The van der Waals surface area contributed by atoms with Crippen LogP contribution in [0.5, 0.6) is 0 Å². The van der Waals surface area contributed by atoms with Crippen LogP contribution in [0.3, 0.4) is 0 Å². The van der Waals surface area contributed by atoms with Crippen molar-refractivity contribution in [1.82, 2.24) is 0 Å². The van der Waals surface area contributed by atoms with E-state index in [1.165, 1.54) is 12.0 Å². The zero-order valence-corrected chi connectivity index (χ0v) is 13.5. The van der Waals surface area contributed by atoms with Gasteiger partial charge in [-0.3, -0.25) is 9.00 Å². The van der Waals surface area contributed by atoms with Crippen LogP contribution in [0.4, 0.5) is 0 Å². The average Bonchev–Trinajstić information content (AvgIpc) is 2.43. The first-order chi connectivity index (χ1) is 9.49. The molecule has 1 unspecified atom stereocenters. The number of hydrogen-bond acceptors (Lipinski definition) is 2. The fraction of sp³-hybridized carbons (Fsp3) is 0.588. The number of rotatable bonds is 4. The van der Waals surface area contributed by atoms with Gasteiger partial charge in [-0.1, -0.05) is 25.3 Å². The molecule has 0 spiro atoms. The van der Waals surface area contributed by atoms with E-state index in [2.05, 4.69) is 6.92 Å².